The molecule has 1 saturated heterocycles. The zero-order chi connectivity index (χ0) is 13.1. The fourth-order valence-corrected chi connectivity index (χ4v) is 2.19. The van der Waals surface area contributed by atoms with E-state index in [1.165, 1.54) is 0 Å². The van der Waals surface area contributed by atoms with Gasteiger partial charge in [-0.2, -0.15) is 13.2 Å². The molecule has 1 rings (SSSR count). The lowest BCUT2D eigenvalue weighted by Crippen LogP contribution is -2.46. The predicted octanol–water partition coefficient (Wildman–Crippen LogP) is 2.85. The second kappa shape index (κ2) is 5.58. The summed E-state index contributed by atoms with van der Waals surface area (Å²) in [5.41, 5.74) is 0.735. The molecule has 17 heavy (non-hydrogen) atoms. The zero-order valence-corrected chi connectivity index (χ0v) is 10.0. The van der Waals surface area contributed by atoms with E-state index in [2.05, 4.69) is 0 Å². The van der Waals surface area contributed by atoms with Crippen LogP contribution in [0.3, 0.4) is 0 Å². The SMILES string of the molecule is CC=CC(=CC)N1CCCC1C(O)C(F)(F)F. The van der Waals surface area contributed by atoms with E-state index >= 15 is 0 Å². The second-order valence-corrected chi connectivity index (χ2v) is 4.10. The molecule has 5 heteroatoms. The van der Waals surface area contributed by atoms with Gasteiger partial charge in [0, 0.05) is 12.2 Å². The monoisotopic (exact) mass is 249 g/mol. The van der Waals surface area contributed by atoms with Crippen LogP contribution < -0.4 is 0 Å². The quantitative estimate of drug-likeness (QED) is 0.777. The summed E-state index contributed by atoms with van der Waals surface area (Å²) >= 11 is 0. The lowest BCUT2D eigenvalue weighted by Gasteiger charge is -2.32. The van der Waals surface area contributed by atoms with E-state index in [-0.39, 0.29) is 0 Å². The molecule has 1 aliphatic rings. The molecular formula is C12H18F3NO. The first kappa shape index (κ1) is 14.1. The Labute approximate surface area is 99.4 Å². The van der Waals surface area contributed by atoms with Crippen LogP contribution in [0.1, 0.15) is 26.7 Å². The molecule has 0 spiro atoms. The van der Waals surface area contributed by atoms with Gasteiger partial charge in [-0.3, -0.25) is 0 Å². The Kier molecular flexibility index (Phi) is 4.62. The number of hydrogen-bond donors (Lipinski definition) is 1. The van der Waals surface area contributed by atoms with E-state index in [1.54, 1.807) is 30.1 Å². The summed E-state index contributed by atoms with van der Waals surface area (Å²) in [4.78, 5) is 1.64. The Morgan fingerprint density at radius 2 is 2.06 bits per heavy atom. The molecular weight excluding hydrogens is 231 g/mol. The van der Waals surface area contributed by atoms with Crippen molar-refractivity contribution in [3.05, 3.63) is 23.9 Å². The average molecular weight is 249 g/mol. The van der Waals surface area contributed by atoms with Crippen LogP contribution in [0.5, 0.6) is 0 Å². The number of aliphatic hydroxyl groups is 1. The first-order chi connectivity index (χ1) is 7.91. The smallest absolute Gasteiger partial charge is 0.382 e. The Bertz CT molecular complexity index is 309. The molecule has 2 unspecified atom stereocenters. The number of aliphatic hydroxyl groups excluding tert-OH is 1. The maximum atomic E-state index is 12.5. The third kappa shape index (κ3) is 3.25. The highest BCUT2D eigenvalue weighted by Crippen LogP contribution is 2.32. The van der Waals surface area contributed by atoms with Crippen molar-refractivity contribution in [1.29, 1.82) is 0 Å². The number of nitrogens with zero attached hydrogens (tertiary/aromatic N) is 1. The molecule has 0 bridgehead atoms. The third-order valence-corrected chi connectivity index (χ3v) is 2.96. The number of halogens is 3. The predicted molar refractivity (Wildman–Crippen MR) is 60.4 cm³/mol. The maximum Gasteiger partial charge on any atom is 0.416 e. The van der Waals surface area contributed by atoms with E-state index in [1.807, 2.05) is 6.92 Å². The van der Waals surface area contributed by atoms with Gasteiger partial charge >= 0.3 is 6.18 Å². The zero-order valence-electron chi connectivity index (χ0n) is 10.0. The Balaban J connectivity index is 2.86. The lowest BCUT2D eigenvalue weighted by atomic mass is 10.1. The van der Waals surface area contributed by atoms with Crippen molar-refractivity contribution in [1.82, 2.24) is 4.90 Å². The van der Waals surface area contributed by atoms with Gasteiger partial charge in [0.25, 0.3) is 0 Å². The van der Waals surface area contributed by atoms with Gasteiger partial charge in [-0.05, 0) is 32.8 Å². The minimum absolute atomic E-state index is 0.371. The molecule has 1 N–H and O–H groups in total. The molecule has 2 atom stereocenters. The summed E-state index contributed by atoms with van der Waals surface area (Å²) in [6, 6.07) is -0.864. The molecule has 0 aliphatic carbocycles. The van der Waals surface area contributed by atoms with Crippen LogP contribution in [0, 0.1) is 0 Å². The number of rotatable bonds is 3. The Hall–Kier alpha value is -0.970. The highest BCUT2D eigenvalue weighted by molar-refractivity contribution is 5.19. The van der Waals surface area contributed by atoms with E-state index in [9.17, 15) is 18.3 Å². The molecule has 98 valence electrons. The van der Waals surface area contributed by atoms with Gasteiger partial charge in [0.2, 0.25) is 0 Å². The highest BCUT2D eigenvalue weighted by atomic mass is 19.4. The topological polar surface area (TPSA) is 23.5 Å². The van der Waals surface area contributed by atoms with Gasteiger partial charge in [-0.15, -0.1) is 0 Å². The molecule has 2 nitrogen and oxygen atoms in total. The summed E-state index contributed by atoms with van der Waals surface area (Å²) in [7, 11) is 0. The van der Waals surface area contributed by atoms with Crippen LogP contribution in [0.2, 0.25) is 0 Å². The van der Waals surface area contributed by atoms with Crippen molar-refractivity contribution in [2.45, 2.75) is 45.0 Å². The van der Waals surface area contributed by atoms with Gasteiger partial charge in [0.1, 0.15) is 0 Å². The van der Waals surface area contributed by atoms with Crippen molar-refractivity contribution < 1.29 is 18.3 Å². The third-order valence-electron chi connectivity index (χ3n) is 2.96. The fourth-order valence-electron chi connectivity index (χ4n) is 2.19. The molecule has 0 radical (unpaired) electrons. The summed E-state index contributed by atoms with van der Waals surface area (Å²) in [5.74, 6) is 0. The normalized spacial score (nSPS) is 24.7. The lowest BCUT2D eigenvalue weighted by molar-refractivity contribution is -0.217. The largest absolute Gasteiger partial charge is 0.416 e. The van der Waals surface area contributed by atoms with Crippen molar-refractivity contribution in [2.24, 2.45) is 0 Å². The van der Waals surface area contributed by atoms with Crippen LogP contribution in [-0.2, 0) is 0 Å². The fraction of sp³-hybridized carbons (Fsp3) is 0.667. The van der Waals surface area contributed by atoms with E-state index < -0.39 is 18.3 Å². The Morgan fingerprint density at radius 1 is 1.41 bits per heavy atom. The van der Waals surface area contributed by atoms with Gasteiger partial charge in [0.05, 0.1) is 6.04 Å². The van der Waals surface area contributed by atoms with Crippen molar-refractivity contribution in [2.75, 3.05) is 6.54 Å². The first-order valence-corrected chi connectivity index (χ1v) is 5.72. The second-order valence-electron chi connectivity index (χ2n) is 4.10. The van der Waals surface area contributed by atoms with E-state index in [4.69, 9.17) is 0 Å². The molecule has 1 aliphatic heterocycles. The number of allylic oxidation sites excluding steroid dienone is 3. The highest BCUT2D eigenvalue weighted by Gasteiger charge is 2.47. The van der Waals surface area contributed by atoms with Gasteiger partial charge in [-0.1, -0.05) is 12.2 Å². The van der Waals surface area contributed by atoms with Crippen LogP contribution >= 0.6 is 0 Å². The standard InChI is InChI=1S/C12H18F3NO/c1-3-6-9(4-2)16-8-5-7-10(16)11(17)12(13,14)15/h3-4,6,10-11,17H,5,7-8H2,1-2H3. The molecule has 1 fully saturated rings. The molecule has 0 aromatic rings. The van der Waals surface area contributed by atoms with E-state index in [0.717, 1.165) is 5.70 Å². The average Bonchev–Trinajstić information content (AvgIpc) is 2.72. The van der Waals surface area contributed by atoms with Crippen LogP contribution in [-0.4, -0.2) is 34.9 Å². The maximum absolute atomic E-state index is 12.5. The van der Waals surface area contributed by atoms with E-state index in [0.29, 0.717) is 19.4 Å². The molecule has 0 amide bonds. The summed E-state index contributed by atoms with van der Waals surface area (Å²) in [5, 5.41) is 9.35. The number of hydrogen-bond acceptors (Lipinski definition) is 2. The summed E-state index contributed by atoms with van der Waals surface area (Å²) in [6.45, 7) is 4.15. The van der Waals surface area contributed by atoms with Gasteiger partial charge in [0.15, 0.2) is 6.10 Å². The van der Waals surface area contributed by atoms with Crippen molar-refractivity contribution in [3.63, 3.8) is 0 Å². The minimum atomic E-state index is -4.55. The molecule has 0 saturated carbocycles. The summed E-state index contributed by atoms with van der Waals surface area (Å²) in [6.07, 6.45) is -0.470. The van der Waals surface area contributed by atoms with Gasteiger partial charge in [-0.25, -0.2) is 0 Å². The molecule has 0 aromatic carbocycles. The number of likely N-dealkylation sites (tertiary alicyclic amines) is 1. The van der Waals surface area contributed by atoms with Gasteiger partial charge < -0.3 is 10.0 Å². The van der Waals surface area contributed by atoms with Crippen molar-refractivity contribution >= 4 is 0 Å². The number of alkyl halides is 3. The van der Waals surface area contributed by atoms with Crippen LogP contribution in [0.25, 0.3) is 0 Å². The minimum Gasteiger partial charge on any atom is -0.382 e. The van der Waals surface area contributed by atoms with Crippen molar-refractivity contribution in [3.8, 4) is 0 Å². The first-order valence-electron chi connectivity index (χ1n) is 5.72. The molecule has 0 aromatic heterocycles. The Morgan fingerprint density at radius 3 is 2.53 bits per heavy atom. The van der Waals surface area contributed by atoms with Crippen LogP contribution in [0.4, 0.5) is 13.2 Å². The molecule has 1 heterocycles. The summed E-state index contributed by atoms with van der Waals surface area (Å²) < 4.78 is 37.5. The van der Waals surface area contributed by atoms with Crippen LogP contribution in [0.15, 0.2) is 23.9 Å².